The highest BCUT2D eigenvalue weighted by atomic mass is 16.3. The highest BCUT2D eigenvalue weighted by Crippen LogP contribution is 2.31. The third kappa shape index (κ3) is 1.80. The molecule has 2 nitrogen and oxygen atoms in total. The quantitative estimate of drug-likeness (QED) is 0.711. The number of carbonyl (C=O) groups excluding carboxylic acids is 1. The lowest BCUT2D eigenvalue weighted by Gasteiger charge is -2.23. The van der Waals surface area contributed by atoms with Crippen molar-refractivity contribution in [2.45, 2.75) is 19.8 Å². The fraction of sp³-hybridized carbons (Fsp3) is 0.308. The third-order valence-corrected chi connectivity index (χ3v) is 2.98. The van der Waals surface area contributed by atoms with Crippen LogP contribution in [0.2, 0.25) is 0 Å². The van der Waals surface area contributed by atoms with Gasteiger partial charge in [-0.1, -0.05) is 12.2 Å². The second-order valence-corrected chi connectivity index (χ2v) is 4.22. The van der Waals surface area contributed by atoms with Crippen molar-refractivity contribution in [1.29, 1.82) is 0 Å². The average molecular weight is 202 g/mol. The van der Waals surface area contributed by atoms with Gasteiger partial charge in [0.15, 0.2) is 5.78 Å². The van der Waals surface area contributed by atoms with Crippen molar-refractivity contribution in [3.8, 4) is 5.75 Å². The summed E-state index contributed by atoms with van der Waals surface area (Å²) in [5.74, 6) is 0.611. The van der Waals surface area contributed by atoms with Gasteiger partial charge >= 0.3 is 0 Å². The summed E-state index contributed by atoms with van der Waals surface area (Å²) in [5, 5.41) is 9.37. The molecule has 2 heteroatoms. The maximum absolute atomic E-state index is 11.8. The summed E-state index contributed by atoms with van der Waals surface area (Å²) in [6.07, 6.45) is 1.36. The summed E-state index contributed by atoms with van der Waals surface area (Å²) in [6.45, 7) is 5.84. The van der Waals surface area contributed by atoms with Crippen molar-refractivity contribution in [2.24, 2.45) is 5.92 Å². The SMILES string of the molecule is C=C(C)C1CC(=O)c2ccc(O)cc2C1. The van der Waals surface area contributed by atoms with E-state index in [0.717, 1.165) is 23.1 Å². The Balaban J connectivity index is 2.41. The average Bonchev–Trinajstić information content (AvgIpc) is 2.16. The van der Waals surface area contributed by atoms with E-state index in [-0.39, 0.29) is 17.5 Å². The van der Waals surface area contributed by atoms with Crippen LogP contribution in [-0.2, 0) is 6.42 Å². The van der Waals surface area contributed by atoms with Crippen LogP contribution >= 0.6 is 0 Å². The summed E-state index contributed by atoms with van der Waals surface area (Å²) in [7, 11) is 0. The zero-order valence-electron chi connectivity index (χ0n) is 8.79. The van der Waals surface area contributed by atoms with Crippen molar-refractivity contribution in [3.05, 3.63) is 41.5 Å². The minimum absolute atomic E-state index is 0.157. The van der Waals surface area contributed by atoms with E-state index in [1.54, 1.807) is 18.2 Å². The lowest BCUT2D eigenvalue weighted by Crippen LogP contribution is -2.20. The largest absolute Gasteiger partial charge is 0.508 e. The molecule has 0 aromatic heterocycles. The normalized spacial score (nSPS) is 19.8. The summed E-state index contributed by atoms with van der Waals surface area (Å²) in [6, 6.07) is 4.96. The van der Waals surface area contributed by atoms with Gasteiger partial charge in [-0.3, -0.25) is 4.79 Å². The van der Waals surface area contributed by atoms with E-state index in [1.807, 2.05) is 6.92 Å². The monoisotopic (exact) mass is 202 g/mol. The molecule has 1 N–H and O–H groups in total. The maximum atomic E-state index is 11.8. The molecule has 1 aromatic rings. The van der Waals surface area contributed by atoms with Gasteiger partial charge in [0.25, 0.3) is 0 Å². The molecule has 1 atom stereocenters. The van der Waals surface area contributed by atoms with Crippen LogP contribution in [0.25, 0.3) is 0 Å². The van der Waals surface area contributed by atoms with Gasteiger partial charge in [0.05, 0.1) is 0 Å². The molecule has 0 heterocycles. The van der Waals surface area contributed by atoms with Gasteiger partial charge in [0.1, 0.15) is 5.75 Å². The molecule has 0 spiro atoms. The summed E-state index contributed by atoms with van der Waals surface area (Å²) in [5.41, 5.74) is 2.74. The number of phenols is 1. The minimum atomic E-state index is 0.157. The topological polar surface area (TPSA) is 37.3 Å². The van der Waals surface area contributed by atoms with E-state index in [1.165, 1.54) is 0 Å². The van der Waals surface area contributed by atoms with E-state index in [2.05, 4.69) is 6.58 Å². The van der Waals surface area contributed by atoms with Crippen LogP contribution in [0.1, 0.15) is 29.3 Å². The highest BCUT2D eigenvalue weighted by molar-refractivity contribution is 5.99. The fourth-order valence-electron chi connectivity index (χ4n) is 2.04. The Hall–Kier alpha value is -1.57. The van der Waals surface area contributed by atoms with Gasteiger partial charge in [0.2, 0.25) is 0 Å². The van der Waals surface area contributed by atoms with Crippen LogP contribution in [0.15, 0.2) is 30.4 Å². The van der Waals surface area contributed by atoms with E-state index in [0.29, 0.717) is 6.42 Å². The van der Waals surface area contributed by atoms with Crippen LogP contribution in [0.3, 0.4) is 0 Å². The van der Waals surface area contributed by atoms with Crippen LogP contribution in [0.5, 0.6) is 5.75 Å². The van der Waals surface area contributed by atoms with E-state index in [4.69, 9.17) is 0 Å². The minimum Gasteiger partial charge on any atom is -0.508 e. The first-order valence-corrected chi connectivity index (χ1v) is 5.08. The van der Waals surface area contributed by atoms with E-state index in [9.17, 15) is 9.90 Å². The first-order chi connectivity index (χ1) is 7.08. The molecule has 0 fully saturated rings. The number of ketones is 1. The number of fused-ring (bicyclic) bond motifs is 1. The predicted octanol–water partition coefficient (Wildman–Crippen LogP) is 2.71. The van der Waals surface area contributed by atoms with Crippen molar-refractivity contribution in [2.75, 3.05) is 0 Å². The molecule has 0 radical (unpaired) electrons. The second-order valence-electron chi connectivity index (χ2n) is 4.22. The lowest BCUT2D eigenvalue weighted by atomic mass is 9.80. The predicted molar refractivity (Wildman–Crippen MR) is 59.1 cm³/mol. The lowest BCUT2D eigenvalue weighted by molar-refractivity contribution is 0.0956. The molecule has 0 amide bonds. The molecule has 1 unspecified atom stereocenters. The molecule has 0 saturated carbocycles. The molecule has 15 heavy (non-hydrogen) atoms. The van der Waals surface area contributed by atoms with Crippen molar-refractivity contribution >= 4 is 5.78 Å². The Labute approximate surface area is 89.2 Å². The van der Waals surface area contributed by atoms with Gasteiger partial charge < -0.3 is 5.11 Å². The Morgan fingerprint density at radius 1 is 1.47 bits per heavy atom. The Morgan fingerprint density at radius 2 is 2.20 bits per heavy atom. The number of aromatic hydroxyl groups is 1. The Kier molecular flexibility index (Phi) is 2.35. The van der Waals surface area contributed by atoms with Crippen molar-refractivity contribution in [1.82, 2.24) is 0 Å². The first kappa shape index (κ1) is 9.97. The molecule has 0 saturated heterocycles. The zero-order valence-corrected chi connectivity index (χ0v) is 8.79. The molecule has 78 valence electrons. The molecule has 2 rings (SSSR count). The number of phenolic OH excluding ortho intramolecular Hbond substituents is 1. The van der Waals surface area contributed by atoms with Crippen molar-refractivity contribution < 1.29 is 9.90 Å². The third-order valence-electron chi connectivity index (χ3n) is 2.98. The summed E-state index contributed by atoms with van der Waals surface area (Å²) >= 11 is 0. The molecular formula is C13H14O2. The van der Waals surface area contributed by atoms with Crippen LogP contribution < -0.4 is 0 Å². The molecular weight excluding hydrogens is 188 g/mol. The number of carbonyl (C=O) groups is 1. The first-order valence-electron chi connectivity index (χ1n) is 5.08. The van der Waals surface area contributed by atoms with Crippen LogP contribution in [0.4, 0.5) is 0 Å². The van der Waals surface area contributed by atoms with E-state index >= 15 is 0 Å². The highest BCUT2D eigenvalue weighted by Gasteiger charge is 2.25. The van der Waals surface area contributed by atoms with Crippen LogP contribution in [0, 0.1) is 5.92 Å². The number of hydrogen-bond donors (Lipinski definition) is 1. The molecule has 1 aromatic carbocycles. The van der Waals surface area contributed by atoms with Crippen LogP contribution in [-0.4, -0.2) is 10.9 Å². The Morgan fingerprint density at radius 3 is 2.87 bits per heavy atom. The zero-order chi connectivity index (χ0) is 11.0. The number of rotatable bonds is 1. The summed E-state index contributed by atoms with van der Waals surface area (Å²) < 4.78 is 0. The van der Waals surface area contributed by atoms with Gasteiger partial charge in [-0.25, -0.2) is 0 Å². The fourth-order valence-corrected chi connectivity index (χ4v) is 2.04. The van der Waals surface area contributed by atoms with Gasteiger partial charge in [-0.2, -0.15) is 0 Å². The molecule has 1 aliphatic carbocycles. The number of hydrogen-bond acceptors (Lipinski definition) is 2. The van der Waals surface area contributed by atoms with Gasteiger partial charge in [-0.15, -0.1) is 0 Å². The van der Waals surface area contributed by atoms with Crippen molar-refractivity contribution in [3.63, 3.8) is 0 Å². The maximum Gasteiger partial charge on any atom is 0.163 e. The Bertz CT molecular complexity index is 432. The number of Topliss-reactive ketones (excluding diaryl/α,β-unsaturated/α-hetero) is 1. The molecule has 0 aliphatic heterocycles. The summed E-state index contributed by atoms with van der Waals surface area (Å²) in [4.78, 5) is 11.8. The van der Waals surface area contributed by atoms with Gasteiger partial charge in [-0.05, 0) is 43.0 Å². The smallest absolute Gasteiger partial charge is 0.163 e. The standard InChI is InChI=1S/C13H14O2/c1-8(2)9-5-10-6-11(14)3-4-12(10)13(15)7-9/h3-4,6,9,14H,1,5,7H2,2H3. The number of allylic oxidation sites excluding steroid dienone is 1. The molecule has 1 aliphatic rings. The second kappa shape index (κ2) is 3.54. The number of benzene rings is 1. The molecule has 0 bridgehead atoms. The van der Waals surface area contributed by atoms with Gasteiger partial charge in [0, 0.05) is 12.0 Å². The van der Waals surface area contributed by atoms with E-state index < -0.39 is 0 Å².